The highest BCUT2D eigenvalue weighted by atomic mass is 32.1. The van der Waals surface area contributed by atoms with Crippen LogP contribution in [-0.2, 0) is 10.3 Å². The fraction of sp³-hybridized carbons (Fsp3) is 0.700. The Balaban J connectivity index is 2.48. The number of H-pyrrole nitrogens is 1. The van der Waals surface area contributed by atoms with Crippen LogP contribution in [0.15, 0.2) is 6.20 Å². The van der Waals surface area contributed by atoms with Crippen LogP contribution in [0, 0.1) is 11.7 Å². The van der Waals surface area contributed by atoms with E-state index in [1.165, 1.54) is 0 Å². The Hall–Kier alpha value is -0.610. The second-order valence-electron chi connectivity index (χ2n) is 4.23. The molecule has 1 aliphatic heterocycles. The lowest BCUT2D eigenvalue weighted by Gasteiger charge is -2.29. The van der Waals surface area contributed by atoms with Crippen molar-refractivity contribution < 1.29 is 4.74 Å². The number of imidazole rings is 1. The van der Waals surface area contributed by atoms with E-state index in [-0.39, 0.29) is 11.6 Å². The van der Waals surface area contributed by atoms with Gasteiger partial charge >= 0.3 is 0 Å². The summed E-state index contributed by atoms with van der Waals surface area (Å²) in [7, 11) is 0. The molecule has 0 radical (unpaired) electrons. The zero-order valence-corrected chi connectivity index (χ0v) is 9.65. The van der Waals surface area contributed by atoms with Crippen molar-refractivity contribution in [1.82, 2.24) is 9.55 Å². The molecule has 1 aromatic heterocycles. The van der Waals surface area contributed by atoms with Crippen LogP contribution in [0.5, 0.6) is 0 Å². The van der Waals surface area contributed by atoms with Crippen molar-refractivity contribution in [3.8, 4) is 0 Å². The summed E-state index contributed by atoms with van der Waals surface area (Å²) in [6.07, 6.45) is 3.33. The van der Waals surface area contributed by atoms with Crippen LogP contribution in [0.1, 0.15) is 26.0 Å². The summed E-state index contributed by atoms with van der Waals surface area (Å²) in [4.78, 5) is 3.15. The minimum absolute atomic E-state index is 0.0157. The van der Waals surface area contributed by atoms with Crippen molar-refractivity contribution in [3.05, 3.63) is 16.7 Å². The Morgan fingerprint density at radius 2 is 2.43 bits per heavy atom. The van der Waals surface area contributed by atoms with Crippen LogP contribution in [0.3, 0.4) is 0 Å². The number of rotatable bonds is 1. The zero-order chi connectivity index (χ0) is 10.3. The fourth-order valence-corrected chi connectivity index (χ4v) is 2.46. The molecule has 0 bridgehead atoms. The molecule has 2 atom stereocenters. The van der Waals surface area contributed by atoms with Crippen LogP contribution >= 0.6 is 12.2 Å². The molecule has 1 fully saturated rings. The summed E-state index contributed by atoms with van der Waals surface area (Å²) in [5.74, 6) is 0. The van der Waals surface area contributed by atoms with E-state index in [0.717, 1.165) is 23.5 Å². The van der Waals surface area contributed by atoms with E-state index in [1.54, 1.807) is 0 Å². The summed E-state index contributed by atoms with van der Waals surface area (Å²) in [6.45, 7) is 7.16. The lowest BCUT2D eigenvalue weighted by atomic mass is 9.94. The van der Waals surface area contributed by atoms with Crippen LogP contribution < -0.4 is 0 Å². The van der Waals surface area contributed by atoms with Gasteiger partial charge in [-0.25, -0.2) is 0 Å². The van der Waals surface area contributed by atoms with Crippen LogP contribution in [0.25, 0.3) is 0 Å². The van der Waals surface area contributed by atoms with Gasteiger partial charge in [0.1, 0.15) is 0 Å². The number of hydrogen-bond acceptors (Lipinski definition) is 2. The fourth-order valence-electron chi connectivity index (χ4n) is 2.03. The van der Waals surface area contributed by atoms with Crippen LogP contribution in [0.4, 0.5) is 0 Å². The minimum atomic E-state index is 0.0157. The Morgan fingerprint density at radius 3 is 2.86 bits per heavy atom. The van der Waals surface area contributed by atoms with E-state index in [2.05, 4.69) is 29.6 Å². The van der Waals surface area contributed by atoms with Crippen molar-refractivity contribution in [2.45, 2.75) is 38.8 Å². The van der Waals surface area contributed by atoms with Crippen molar-refractivity contribution in [3.63, 3.8) is 0 Å². The third-order valence-electron chi connectivity index (χ3n) is 3.25. The lowest BCUT2D eigenvalue weighted by Crippen LogP contribution is -2.36. The standard InChI is InChI=1S/C10H16N2OS/c1-7-6-12(9(14)11-7)10(3)4-5-13-8(10)2/h6,8H,4-5H2,1-3H3,(H,11,14). The maximum Gasteiger partial charge on any atom is 0.177 e. The van der Waals surface area contributed by atoms with Gasteiger partial charge in [-0.2, -0.15) is 0 Å². The molecule has 1 aliphatic rings. The third kappa shape index (κ3) is 1.33. The van der Waals surface area contributed by atoms with E-state index in [0.29, 0.717) is 0 Å². The van der Waals surface area contributed by atoms with Gasteiger partial charge in [-0.3, -0.25) is 0 Å². The van der Waals surface area contributed by atoms with E-state index >= 15 is 0 Å². The van der Waals surface area contributed by atoms with Gasteiger partial charge in [-0.1, -0.05) is 0 Å². The number of ether oxygens (including phenoxy) is 1. The number of aromatic amines is 1. The smallest absolute Gasteiger partial charge is 0.177 e. The SMILES string of the molecule is Cc1cn(C2(C)CCOC2C)c(=S)[nH]1. The number of nitrogens with zero attached hydrogens (tertiary/aromatic N) is 1. The van der Waals surface area contributed by atoms with Gasteiger partial charge < -0.3 is 14.3 Å². The predicted octanol–water partition coefficient (Wildman–Crippen LogP) is 2.38. The van der Waals surface area contributed by atoms with Gasteiger partial charge in [0.05, 0.1) is 11.6 Å². The van der Waals surface area contributed by atoms with Gasteiger partial charge in [0.25, 0.3) is 0 Å². The largest absolute Gasteiger partial charge is 0.376 e. The summed E-state index contributed by atoms with van der Waals surface area (Å²) in [5, 5.41) is 0. The van der Waals surface area contributed by atoms with Gasteiger partial charge in [0, 0.05) is 18.5 Å². The molecule has 0 aliphatic carbocycles. The molecule has 0 saturated carbocycles. The molecule has 0 amide bonds. The first kappa shape index (κ1) is 9.93. The average molecular weight is 212 g/mol. The first-order chi connectivity index (χ1) is 6.54. The Labute approximate surface area is 89.1 Å². The Kier molecular flexibility index (Phi) is 2.27. The maximum atomic E-state index is 5.61. The van der Waals surface area contributed by atoms with E-state index in [9.17, 15) is 0 Å². The third-order valence-corrected chi connectivity index (χ3v) is 3.55. The molecule has 2 rings (SSSR count). The molecule has 2 unspecified atom stereocenters. The molecule has 1 aromatic rings. The molecule has 78 valence electrons. The first-order valence-electron chi connectivity index (χ1n) is 4.94. The molecular weight excluding hydrogens is 196 g/mol. The van der Waals surface area contributed by atoms with E-state index in [1.807, 2.05) is 6.92 Å². The number of hydrogen-bond donors (Lipinski definition) is 1. The van der Waals surface area contributed by atoms with Crippen LogP contribution in [0.2, 0.25) is 0 Å². The zero-order valence-electron chi connectivity index (χ0n) is 8.83. The quantitative estimate of drug-likeness (QED) is 0.724. The highest BCUT2D eigenvalue weighted by Gasteiger charge is 2.39. The molecule has 14 heavy (non-hydrogen) atoms. The summed E-state index contributed by atoms with van der Waals surface area (Å²) < 4.78 is 8.53. The Bertz CT molecular complexity index is 395. The second kappa shape index (κ2) is 3.21. The molecule has 2 heterocycles. The normalized spacial score (nSPS) is 32.4. The summed E-state index contributed by atoms with van der Waals surface area (Å²) in [5.41, 5.74) is 1.12. The minimum Gasteiger partial charge on any atom is -0.376 e. The number of aryl methyl sites for hydroxylation is 1. The number of nitrogens with one attached hydrogen (secondary N) is 1. The Morgan fingerprint density at radius 1 is 1.71 bits per heavy atom. The highest BCUT2D eigenvalue weighted by molar-refractivity contribution is 7.71. The van der Waals surface area contributed by atoms with Crippen molar-refractivity contribution >= 4 is 12.2 Å². The van der Waals surface area contributed by atoms with Gasteiger partial charge in [-0.15, -0.1) is 0 Å². The van der Waals surface area contributed by atoms with Crippen molar-refractivity contribution in [2.75, 3.05) is 6.61 Å². The molecule has 0 aromatic carbocycles. The molecule has 1 N–H and O–H groups in total. The van der Waals surface area contributed by atoms with Crippen molar-refractivity contribution in [1.29, 1.82) is 0 Å². The summed E-state index contributed by atoms with van der Waals surface area (Å²) in [6, 6.07) is 0. The summed E-state index contributed by atoms with van der Waals surface area (Å²) >= 11 is 5.29. The van der Waals surface area contributed by atoms with Crippen LogP contribution in [-0.4, -0.2) is 22.3 Å². The van der Waals surface area contributed by atoms with E-state index in [4.69, 9.17) is 17.0 Å². The van der Waals surface area contributed by atoms with Gasteiger partial charge in [0.15, 0.2) is 4.77 Å². The first-order valence-corrected chi connectivity index (χ1v) is 5.35. The molecule has 4 heteroatoms. The lowest BCUT2D eigenvalue weighted by molar-refractivity contribution is 0.0754. The highest BCUT2D eigenvalue weighted by Crippen LogP contribution is 2.33. The average Bonchev–Trinajstić information content (AvgIpc) is 2.59. The molecular formula is C10H16N2OS. The molecule has 0 spiro atoms. The monoisotopic (exact) mass is 212 g/mol. The molecule has 3 nitrogen and oxygen atoms in total. The van der Waals surface area contributed by atoms with Gasteiger partial charge in [0.2, 0.25) is 0 Å². The van der Waals surface area contributed by atoms with Gasteiger partial charge in [-0.05, 0) is 39.4 Å². The predicted molar refractivity (Wildman–Crippen MR) is 58.0 cm³/mol. The van der Waals surface area contributed by atoms with E-state index < -0.39 is 0 Å². The topological polar surface area (TPSA) is 29.9 Å². The number of aromatic nitrogens is 2. The maximum absolute atomic E-state index is 5.61. The second-order valence-corrected chi connectivity index (χ2v) is 4.62. The molecule has 1 saturated heterocycles. The van der Waals surface area contributed by atoms with Crippen molar-refractivity contribution in [2.24, 2.45) is 0 Å².